The molecule has 0 heterocycles. The van der Waals surface area contributed by atoms with Crippen LogP contribution in [0.5, 0.6) is 0 Å². The van der Waals surface area contributed by atoms with Crippen LogP contribution in [-0.4, -0.2) is 39.9 Å². The van der Waals surface area contributed by atoms with Gasteiger partial charge in [-0.05, 0) is 25.1 Å². The van der Waals surface area contributed by atoms with Gasteiger partial charge in [-0.25, -0.2) is 8.42 Å². The Labute approximate surface area is 118 Å². The van der Waals surface area contributed by atoms with Gasteiger partial charge in [0.15, 0.2) is 9.84 Å². The van der Waals surface area contributed by atoms with Crippen molar-refractivity contribution in [2.45, 2.75) is 12.2 Å². The zero-order valence-electron chi connectivity index (χ0n) is 11.3. The SMILES string of the molecule is CC(C(=O)Nc1ccc(N(C)C)c(Cl)c1)S(C)(=O)=O. The molecule has 0 saturated heterocycles. The van der Waals surface area contributed by atoms with Crippen LogP contribution >= 0.6 is 11.6 Å². The van der Waals surface area contributed by atoms with Crippen LogP contribution in [0.3, 0.4) is 0 Å². The number of hydrogen-bond acceptors (Lipinski definition) is 4. The summed E-state index contributed by atoms with van der Waals surface area (Å²) in [6, 6.07) is 5.01. The Kier molecular flexibility index (Phi) is 4.81. The molecule has 0 spiro atoms. The number of hydrogen-bond donors (Lipinski definition) is 1. The van der Waals surface area contributed by atoms with E-state index in [-0.39, 0.29) is 0 Å². The topological polar surface area (TPSA) is 66.5 Å². The Bertz CT molecular complexity index is 585. The number of halogens is 1. The molecule has 1 aromatic rings. The van der Waals surface area contributed by atoms with Crippen LogP contribution in [0, 0.1) is 0 Å². The van der Waals surface area contributed by atoms with Crippen LogP contribution in [0.1, 0.15) is 6.92 Å². The summed E-state index contributed by atoms with van der Waals surface area (Å²) in [4.78, 5) is 13.6. The lowest BCUT2D eigenvalue weighted by Crippen LogP contribution is -2.31. The normalized spacial score (nSPS) is 12.9. The number of anilines is 2. The number of benzene rings is 1. The predicted octanol–water partition coefficient (Wildman–Crippen LogP) is 1.78. The molecule has 1 aromatic carbocycles. The number of nitrogens with one attached hydrogen (secondary N) is 1. The first kappa shape index (κ1) is 15.8. The van der Waals surface area contributed by atoms with Crippen LogP contribution < -0.4 is 10.2 Å². The van der Waals surface area contributed by atoms with E-state index in [9.17, 15) is 13.2 Å². The van der Waals surface area contributed by atoms with Gasteiger partial charge in [0.2, 0.25) is 5.91 Å². The second-order valence-corrected chi connectivity index (χ2v) is 7.29. The summed E-state index contributed by atoms with van der Waals surface area (Å²) >= 11 is 6.07. The Balaban J connectivity index is 2.90. The van der Waals surface area contributed by atoms with Crippen molar-refractivity contribution in [3.8, 4) is 0 Å². The van der Waals surface area contributed by atoms with Crippen molar-refractivity contribution in [3.63, 3.8) is 0 Å². The van der Waals surface area contributed by atoms with Gasteiger partial charge in [0.1, 0.15) is 5.25 Å². The van der Waals surface area contributed by atoms with Crippen LogP contribution in [0.15, 0.2) is 18.2 Å². The molecule has 19 heavy (non-hydrogen) atoms. The summed E-state index contributed by atoms with van der Waals surface area (Å²) in [5.74, 6) is -0.573. The van der Waals surface area contributed by atoms with Crippen LogP contribution in [0.2, 0.25) is 5.02 Å². The number of nitrogens with zero attached hydrogens (tertiary/aromatic N) is 1. The fourth-order valence-corrected chi connectivity index (χ4v) is 2.18. The molecule has 7 heteroatoms. The largest absolute Gasteiger partial charge is 0.376 e. The van der Waals surface area contributed by atoms with Crippen LogP contribution in [0.25, 0.3) is 0 Å². The Morgan fingerprint density at radius 3 is 2.37 bits per heavy atom. The van der Waals surface area contributed by atoms with Crippen molar-refractivity contribution in [2.75, 3.05) is 30.6 Å². The molecule has 0 aromatic heterocycles. The van der Waals surface area contributed by atoms with Crippen molar-refractivity contribution < 1.29 is 13.2 Å². The second-order valence-electron chi connectivity index (χ2n) is 4.52. The summed E-state index contributed by atoms with van der Waals surface area (Å²) in [7, 11) is 0.298. The molecule has 1 N–H and O–H groups in total. The molecule has 0 aliphatic carbocycles. The second kappa shape index (κ2) is 5.79. The molecule has 0 fully saturated rings. The molecule has 0 bridgehead atoms. The molecule has 0 saturated carbocycles. The highest BCUT2D eigenvalue weighted by Crippen LogP contribution is 2.27. The first-order chi connectivity index (χ1) is 8.62. The first-order valence-electron chi connectivity index (χ1n) is 5.59. The molecule has 0 radical (unpaired) electrons. The highest BCUT2D eigenvalue weighted by atomic mass is 35.5. The fraction of sp³-hybridized carbons (Fsp3) is 0.417. The third kappa shape index (κ3) is 4.11. The molecule has 1 atom stereocenters. The van der Waals surface area contributed by atoms with Gasteiger partial charge in [-0.2, -0.15) is 0 Å². The summed E-state index contributed by atoms with van der Waals surface area (Å²) in [6.45, 7) is 1.35. The smallest absolute Gasteiger partial charge is 0.242 e. The van der Waals surface area contributed by atoms with E-state index in [0.29, 0.717) is 10.7 Å². The van der Waals surface area contributed by atoms with Crippen molar-refractivity contribution in [1.29, 1.82) is 0 Å². The number of carbonyl (C=O) groups is 1. The monoisotopic (exact) mass is 304 g/mol. The van der Waals surface area contributed by atoms with Gasteiger partial charge in [-0.15, -0.1) is 0 Å². The lowest BCUT2D eigenvalue weighted by atomic mass is 10.2. The quantitative estimate of drug-likeness (QED) is 0.921. The van der Waals surface area contributed by atoms with Gasteiger partial charge in [-0.1, -0.05) is 11.6 Å². The molecule has 5 nitrogen and oxygen atoms in total. The molecule has 1 amide bonds. The van der Waals surface area contributed by atoms with E-state index in [2.05, 4.69) is 5.32 Å². The third-order valence-electron chi connectivity index (χ3n) is 2.71. The third-order valence-corrected chi connectivity index (χ3v) is 4.51. The van der Waals surface area contributed by atoms with E-state index in [1.807, 2.05) is 19.0 Å². The van der Waals surface area contributed by atoms with Crippen molar-refractivity contribution >= 4 is 38.7 Å². The maximum Gasteiger partial charge on any atom is 0.242 e. The van der Waals surface area contributed by atoms with E-state index >= 15 is 0 Å². The molecule has 1 rings (SSSR count). The Morgan fingerprint density at radius 2 is 1.95 bits per heavy atom. The van der Waals surface area contributed by atoms with E-state index in [0.717, 1.165) is 11.9 Å². The first-order valence-corrected chi connectivity index (χ1v) is 7.93. The number of rotatable bonds is 4. The van der Waals surface area contributed by atoms with E-state index in [1.54, 1.807) is 18.2 Å². The fourth-order valence-electron chi connectivity index (χ4n) is 1.39. The highest BCUT2D eigenvalue weighted by molar-refractivity contribution is 7.92. The van der Waals surface area contributed by atoms with E-state index in [1.165, 1.54) is 6.92 Å². The summed E-state index contributed by atoms with van der Waals surface area (Å²) in [6.07, 6.45) is 1.03. The Morgan fingerprint density at radius 1 is 1.37 bits per heavy atom. The zero-order valence-corrected chi connectivity index (χ0v) is 12.8. The number of carbonyl (C=O) groups excluding carboxylic acids is 1. The average Bonchev–Trinajstić information content (AvgIpc) is 2.26. The number of sulfone groups is 1. The lowest BCUT2D eigenvalue weighted by Gasteiger charge is -2.16. The molecule has 1 unspecified atom stereocenters. The van der Waals surface area contributed by atoms with Crippen LogP contribution in [0.4, 0.5) is 11.4 Å². The van der Waals surface area contributed by atoms with E-state index in [4.69, 9.17) is 11.6 Å². The minimum Gasteiger partial charge on any atom is -0.376 e. The predicted molar refractivity (Wildman–Crippen MR) is 78.7 cm³/mol. The summed E-state index contributed by atoms with van der Waals surface area (Å²) in [5.41, 5.74) is 1.28. The van der Waals surface area contributed by atoms with Crippen molar-refractivity contribution in [1.82, 2.24) is 0 Å². The van der Waals surface area contributed by atoms with Crippen LogP contribution in [-0.2, 0) is 14.6 Å². The van der Waals surface area contributed by atoms with Gasteiger partial charge in [-0.3, -0.25) is 4.79 Å². The molecule has 0 aliphatic rings. The molecule has 106 valence electrons. The maximum absolute atomic E-state index is 11.7. The maximum atomic E-state index is 11.7. The molecular weight excluding hydrogens is 288 g/mol. The van der Waals surface area contributed by atoms with Crippen molar-refractivity contribution in [2.24, 2.45) is 0 Å². The number of amides is 1. The minimum atomic E-state index is -3.41. The van der Waals surface area contributed by atoms with Gasteiger partial charge >= 0.3 is 0 Å². The highest BCUT2D eigenvalue weighted by Gasteiger charge is 2.23. The standard InChI is InChI=1S/C12H17ClN2O3S/c1-8(19(4,17)18)12(16)14-9-5-6-11(15(2)3)10(13)7-9/h5-8H,1-4H3,(H,14,16). The van der Waals surface area contributed by atoms with Gasteiger partial charge in [0.05, 0.1) is 10.7 Å². The minimum absolute atomic E-state index is 0.469. The van der Waals surface area contributed by atoms with Crippen molar-refractivity contribution in [3.05, 3.63) is 23.2 Å². The van der Waals surface area contributed by atoms with Gasteiger partial charge < -0.3 is 10.2 Å². The Hall–Kier alpha value is -1.27. The molecule has 0 aliphatic heterocycles. The zero-order chi connectivity index (χ0) is 14.8. The summed E-state index contributed by atoms with van der Waals surface area (Å²) in [5, 5.41) is 1.92. The molecular formula is C12H17ClN2O3S. The lowest BCUT2D eigenvalue weighted by molar-refractivity contribution is -0.115. The van der Waals surface area contributed by atoms with E-state index < -0.39 is 21.0 Å². The van der Waals surface area contributed by atoms with Gasteiger partial charge in [0, 0.05) is 26.0 Å². The average molecular weight is 305 g/mol. The van der Waals surface area contributed by atoms with Gasteiger partial charge in [0.25, 0.3) is 0 Å². The summed E-state index contributed by atoms with van der Waals surface area (Å²) < 4.78 is 22.6.